The molecule has 0 spiro atoms. The molecule has 2 rings (SSSR count). The maximum absolute atomic E-state index is 11.8. The molecule has 0 bridgehead atoms. The average Bonchev–Trinajstić information content (AvgIpc) is 2.86. The lowest BCUT2D eigenvalue weighted by molar-refractivity contribution is 0.0696. The molecule has 0 atom stereocenters. The molecule has 110 valence electrons. The average molecular weight is 285 g/mol. The predicted octanol–water partition coefficient (Wildman–Crippen LogP) is 3.50. The summed E-state index contributed by atoms with van der Waals surface area (Å²) in [5.41, 5.74) is 3.93. The van der Waals surface area contributed by atoms with Gasteiger partial charge in [-0.25, -0.2) is 4.79 Å². The maximum atomic E-state index is 11.8. The monoisotopic (exact) mass is 285 g/mol. The number of benzene rings is 1. The van der Waals surface area contributed by atoms with Gasteiger partial charge < -0.3 is 9.67 Å². The van der Waals surface area contributed by atoms with Crippen molar-refractivity contribution in [1.29, 1.82) is 0 Å². The van der Waals surface area contributed by atoms with E-state index in [-0.39, 0.29) is 11.3 Å². The van der Waals surface area contributed by atoms with E-state index in [1.807, 2.05) is 19.9 Å². The zero-order valence-corrected chi connectivity index (χ0v) is 12.5. The summed E-state index contributed by atoms with van der Waals surface area (Å²) >= 11 is 0. The van der Waals surface area contributed by atoms with E-state index >= 15 is 0 Å². The summed E-state index contributed by atoms with van der Waals surface area (Å²) in [4.78, 5) is 22.7. The minimum absolute atomic E-state index is 0.0578. The van der Waals surface area contributed by atoms with Gasteiger partial charge >= 0.3 is 5.97 Å². The van der Waals surface area contributed by atoms with Crippen LogP contribution in [0.4, 0.5) is 0 Å². The molecule has 0 aliphatic heterocycles. The van der Waals surface area contributed by atoms with Crippen molar-refractivity contribution in [2.75, 3.05) is 0 Å². The number of carbonyl (C=O) groups is 2. The molecule has 0 amide bonds. The Bertz CT molecular complexity index is 681. The second-order valence-electron chi connectivity index (χ2n) is 4.95. The van der Waals surface area contributed by atoms with Gasteiger partial charge in [-0.3, -0.25) is 4.79 Å². The van der Waals surface area contributed by atoms with Crippen molar-refractivity contribution < 1.29 is 14.7 Å². The molecule has 0 aliphatic carbocycles. The highest BCUT2D eigenvalue weighted by Gasteiger charge is 2.17. The number of rotatable bonds is 5. The molecule has 4 heteroatoms. The van der Waals surface area contributed by atoms with Gasteiger partial charge in [-0.2, -0.15) is 0 Å². The highest BCUT2D eigenvalue weighted by Crippen LogP contribution is 2.24. The van der Waals surface area contributed by atoms with E-state index in [9.17, 15) is 9.59 Å². The summed E-state index contributed by atoms with van der Waals surface area (Å²) in [6.45, 7) is 5.63. The van der Waals surface area contributed by atoms with Crippen LogP contribution in [0, 0.1) is 0 Å². The Labute approximate surface area is 124 Å². The molecule has 1 N–H and O–H groups in total. The van der Waals surface area contributed by atoms with Gasteiger partial charge in [-0.15, -0.1) is 0 Å². The van der Waals surface area contributed by atoms with Gasteiger partial charge in [0.05, 0.1) is 5.56 Å². The Kier molecular flexibility index (Phi) is 4.26. The minimum atomic E-state index is -0.940. The third-order valence-corrected chi connectivity index (χ3v) is 3.63. The number of hydrogen-bond donors (Lipinski definition) is 1. The molecule has 0 saturated heterocycles. The molecule has 0 radical (unpaired) electrons. The van der Waals surface area contributed by atoms with Crippen LogP contribution in [-0.2, 0) is 12.8 Å². The zero-order chi connectivity index (χ0) is 15.6. The highest BCUT2D eigenvalue weighted by atomic mass is 16.4. The van der Waals surface area contributed by atoms with Gasteiger partial charge in [-0.1, -0.05) is 13.8 Å². The van der Waals surface area contributed by atoms with E-state index < -0.39 is 5.97 Å². The van der Waals surface area contributed by atoms with Gasteiger partial charge in [0.15, 0.2) is 5.78 Å². The van der Waals surface area contributed by atoms with E-state index in [2.05, 4.69) is 4.57 Å². The van der Waals surface area contributed by atoms with Crippen LogP contribution in [0.15, 0.2) is 30.3 Å². The number of aromatic carboxylic acids is 1. The first-order chi connectivity index (χ1) is 9.99. The summed E-state index contributed by atoms with van der Waals surface area (Å²) in [6.07, 6.45) is 1.55. The molecule has 1 aromatic heterocycles. The molecule has 1 heterocycles. The van der Waals surface area contributed by atoms with E-state index in [1.54, 1.807) is 31.2 Å². The van der Waals surface area contributed by atoms with Crippen LogP contribution in [0.25, 0.3) is 5.69 Å². The summed E-state index contributed by atoms with van der Waals surface area (Å²) < 4.78 is 2.06. The first-order valence-corrected chi connectivity index (χ1v) is 7.07. The van der Waals surface area contributed by atoms with Crippen molar-refractivity contribution >= 4 is 11.8 Å². The molecule has 21 heavy (non-hydrogen) atoms. The smallest absolute Gasteiger partial charge is 0.335 e. The largest absolute Gasteiger partial charge is 0.478 e. The number of aryl methyl sites for hydroxylation is 1. The van der Waals surface area contributed by atoms with E-state index in [0.29, 0.717) is 0 Å². The summed E-state index contributed by atoms with van der Waals surface area (Å²) in [5, 5.41) is 8.97. The number of aromatic nitrogens is 1. The van der Waals surface area contributed by atoms with Crippen molar-refractivity contribution in [1.82, 2.24) is 4.57 Å². The third-order valence-electron chi connectivity index (χ3n) is 3.63. The lowest BCUT2D eigenvalue weighted by Crippen LogP contribution is -2.06. The Hall–Kier alpha value is -2.36. The standard InChI is InChI=1S/C17H19NO3/c1-4-13-10-15(11(3)19)16(5-2)18(13)14-8-6-12(7-9-14)17(20)21/h6-10H,4-5H2,1-3H3,(H,20,21). The highest BCUT2D eigenvalue weighted by molar-refractivity contribution is 5.96. The Balaban J connectivity index is 2.61. The van der Waals surface area contributed by atoms with Crippen molar-refractivity contribution in [3.63, 3.8) is 0 Å². The van der Waals surface area contributed by atoms with Gasteiger partial charge in [0.2, 0.25) is 0 Å². The van der Waals surface area contributed by atoms with E-state index in [4.69, 9.17) is 5.11 Å². The minimum Gasteiger partial charge on any atom is -0.478 e. The number of carbonyl (C=O) groups excluding carboxylic acids is 1. The van der Waals surface area contributed by atoms with E-state index in [1.165, 1.54) is 0 Å². The van der Waals surface area contributed by atoms with Crippen LogP contribution in [0.2, 0.25) is 0 Å². The second-order valence-corrected chi connectivity index (χ2v) is 4.95. The molecule has 4 nitrogen and oxygen atoms in total. The second kappa shape index (κ2) is 5.95. The van der Waals surface area contributed by atoms with E-state index in [0.717, 1.165) is 35.5 Å². The van der Waals surface area contributed by atoms with Crippen LogP contribution < -0.4 is 0 Å². The van der Waals surface area contributed by atoms with Crippen molar-refractivity contribution in [3.8, 4) is 5.69 Å². The fraction of sp³-hybridized carbons (Fsp3) is 0.294. The molecule has 2 aromatic rings. The first-order valence-electron chi connectivity index (χ1n) is 7.07. The van der Waals surface area contributed by atoms with Crippen molar-refractivity contribution in [3.05, 3.63) is 52.8 Å². The number of carboxylic acid groups (broad SMARTS) is 1. The van der Waals surface area contributed by atoms with Crippen LogP contribution >= 0.6 is 0 Å². The maximum Gasteiger partial charge on any atom is 0.335 e. The molecular formula is C17H19NO3. The van der Waals surface area contributed by atoms with Gasteiger partial charge in [0.25, 0.3) is 0 Å². The predicted molar refractivity (Wildman–Crippen MR) is 81.5 cm³/mol. The first kappa shape index (κ1) is 15.0. The SMILES string of the molecule is CCc1cc(C(C)=O)c(CC)n1-c1ccc(C(=O)O)cc1. The molecular weight excluding hydrogens is 266 g/mol. The molecule has 1 aromatic carbocycles. The quantitative estimate of drug-likeness (QED) is 0.855. The molecule has 0 saturated carbocycles. The summed E-state index contributed by atoms with van der Waals surface area (Å²) in [6, 6.07) is 8.68. The van der Waals surface area contributed by atoms with Crippen LogP contribution in [0.5, 0.6) is 0 Å². The zero-order valence-electron chi connectivity index (χ0n) is 12.5. The lowest BCUT2D eigenvalue weighted by atomic mass is 10.1. The van der Waals surface area contributed by atoms with Gasteiger partial charge in [0.1, 0.15) is 0 Å². The Morgan fingerprint density at radius 2 is 1.71 bits per heavy atom. The summed E-state index contributed by atoms with van der Waals surface area (Å²) in [7, 11) is 0. The molecule has 0 fully saturated rings. The van der Waals surface area contributed by atoms with Crippen LogP contribution in [-0.4, -0.2) is 21.4 Å². The van der Waals surface area contributed by atoms with Gasteiger partial charge in [0, 0.05) is 22.6 Å². The number of nitrogens with zero attached hydrogens (tertiary/aromatic N) is 1. The van der Waals surface area contributed by atoms with Crippen LogP contribution in [0.3, 0.4) is 0 Å². The summed E-state index contributed by atoms with van der Waals surface area (Å²) in [5.74, 6) is -0.882. The van der Waals surface area contributed by atoms with Crippen molar-refractivity contribution in [2.45, 2.75) is 33.6 Å². The number of hydrogen-bond acceptors (Lipinski definition) is 2. The van der Waals surface area contributed by atoms with Crippen molar-refractivity contribution in [2.24, 2.45) is 0 Å². The third kappa shape index (κ3) is 2.75. The molecule has 0 aliphatic rings. The number of carboxylic acids is 1. The Morgan fingerprint density at radius 1 is 1.10 bits per heavy atom. The fourth-order valence-corrected chi connectivity index (χ4v) is 2.60. The number of ketones is 1. The topological polar surface area (TPSA) is 59.3 Å². The lowest BCUT2D eigenvalue weighted by Gasteiger charge is -2.13. The van der Waals surface area contributed by atoms with Crippen LogP contribution in [0.1, 0.15) is 52.9 Å². The fourth-order valence-electron chi connectivity index (χ4n) is 2.60. The van der Waals surface area contributed by atoms with Gasteiger partial charge in [-0.05, 0) is 50.1 Å². The Morgan fingerprint density at radius 3 is 2.14 bits per heavy atom. The number of Topliss-reactive ketones (excluding diaryl/α,β-unsaturated/α-hetero) is 1. The molecule has 0 unspecified atom stereocenters. The normalized spacial score (nSPS) is 10.6.